The molecule has 1 aromatic rings. The first kappa shape index (κ1) is 11.5. The lowest BCUT2D eigenvalue weighted by molar-refractivity contribution is -0.147. The topological polar surface area (TPSA) is 59.4 Å². The second kappa shape index (κ2) is 4.51. The fourth-order valence-electron chi connectivity index (χ4n) is 2.00. The van der Waals surface area contributed by atoms with E-state index in [0.29, 0.717) is 30.7 Å². The first-order valence-electron chi connectivity index (χ1n) is 5.08. The Kier molecular flexibility index (Phi) is 3.25. The van der Waals surface area contributed by atoms with Gasteiger partial charge in [-0.3, -0.25) is 4.79 Å². The summed E-state index contributed by atoms with van der Waals surface area (Å²) in [6, 6.07) is 3.59. The number of nitrogens with zero attached hydrogens (tertiary/aromatic N) is 1. The van der Waals surface area contributed by atoms with Crippen molar-refractivity contribution >= 4 is 21.9 Å². The van der Waals surface area contributed by atoms with Gasteiger partial charge in [0.25, 0.3) is 0 Å². The van der Waals surface area contributed by atoms with Gasteiger partial charge >= 0.3 is 5.97 Å². The van der Waals surface area contributed by atoms with Gasteiger partial charge < -0.3 is 9.84 Å². The Morgan fingerprint density at radius 3 is 2.62 bits per heavy atom. The average molecular weight is 286 g/mol. The van der Waals surface area contributed by atoms with Gasteiger partial charge in [-0.2, -0.15) is 0 Å². The van der Waals surface area contributed by atoms with Crippen molar-refractivity contribution in [3.63, 3.8) is 0 Å². The van der Waals surface area contributed by atoms with Crippen LogP contribution in [-0.4, -0.2) is 29.3 Å². The number of aliphatic carboxylic acids is 1. The van der Waals surface area contributed by atoms with Crippen molar-refractivity contribution in [1.82, 2.24) is 4.98 Å². The Bertz CT molecular complexity index is 385. The molecule has 2 rings (SSSR count). The quantitative estimate of drug-likeness (QED) is 0.844. The Morgan fingerprint density at radius 1 is 1.44 bits per heavy atom. The lowest BCUT2D eigenvalue weighted by atomic mass is 9.75. The van der Waals surface area contributed by atoms with Crippen LogP contribution in [0.15, 0.2) is 22.9 Å². The Hall–Kier alpha value is -0.940. The largest absolute Gasteiger partial charge is 0.481 e. The third kappa shape index (κ3) is 1.97. The molecule has 0 saturated carbocycles. The van der Waals surface area contributed by atoms with Gasteiger partial charge in [0.15, 0.2) is 0 Å². The van der Waals surface area contributed by atoms with Crippen molar-refractivity contribution in [3.05, 3.63) is 28.5 Å². The van der Waals surface area contributed by atoms with Crippen LogP contribution in [-0.2, 0) is 14.9 Å². The molecule has 0 atom stereocenters. The average Bonchev–Trinajstić information content (AvgIpc) is 2.30. The van der Waals surface area contributed by atoms with E-state index in [-0.39, 0.29) is 0 Å². The van der Waals surface area contributed by atoms with E-state index in [2.05, 4.69) is 20.9 Å². The Labute approximate surface area is 102 Å². The van der Waals surface area contributed by atoms with E-state index >= 15 is 0 Å². The van der Waals surface area contributed by atoms with Gasteiger partial charge in [0.2, 0.25) is 0 Å². The van der Waals surface area contributed by atoms with E-state index in [4.69, 9.17) is 4.74 Å². The highest BCUT2D eigenvalue weighted by molar-refractivity contribution is 9.10. The van der Waals surface area contributed by atoms with E-state index in [1.54, 1.807) is 12.3 Å². The molecule has 0 aliphatic carbocycles. The van der Waals surface area contributed by atoms with Crippen molar-refractivity contribution in [2.45, 2.75) is 18.3 Å². The van der Waals surface area contributed by atoms with E-state index in [9.17, 15) is 9.90 Å². The fourth-order valence-corrected chi connectivity index (χ4v) is 2.24. The maximum Gasteiger partial charge on any atom is 0.314 e. The van der Waals surface area contributed by atoms with Gasteiger partial charge in [-0.1, -0.05) is 6.07 Å². The van der Waals surface area contributed by atoms with E-state index in [1.165, 1.54) is 0 Å². The molecule has 1 fully saturated rings. The first-order chi connectivity index (χ1) is 7.65. The van der Waals surface area contributed by atoms with Crippen LogP contribution >= 0.6 is 15.9 Å². The Morgan fingerprint density at radius 2 is 2.12 bits per heavy atom. The van der Waals surface area contributed by atoms with Crippen molar-refractivity contribution in [2.24, 2.45) is 0 Å². The monoisotopic (exact) mass is 285 g/mol. The predicted octanol–water partition coefficient (Wildman–Crippen LogP) is 1.98. The van der Waals surface area contributed by atoms with Gasteiger partial charge in [-0.05, 0) is 40.4 Å². The molecule has 1 aromatic heterocycles. The van der Waals surface area contributed by atoms with Gasteiger partial charge in [0.1, 0.15) is 4.60 Å². The number of aromatic nitrogens is 1. The summed E-state index contributed by atoms with van der Waals surface area (Å²) in [5, 5.41) is 9.42. The lowest BCUT2D eigenvalue weighted by Gasteiger charge is -2.33. The number of carboxylic acids is 1. The summed E-state index contributed by atoms with van der Waals surface area (Å²) in [6.07, 6.45) is 2.64. The van der Waals surface area contributed by atoms with E-state index < -0.39 is 11.4 Å². The lowest BCUT2D eigenvalue weighted by Crippen LogP contribution is -2.41. The summed E-state index contributed by atoms with van der Waals surface area (Å²) in [4.78, 5) is 15.6. The van der Waals surface area contributed by atoms with Crippen LogP contribution < -0.4 is 0 Å². The van der Waals surface area contributed by atoms with Crippen molar-refractivity contribution in [3.8, 4) is 0 Å². The predicted molar refractivity (Wildman–Crippen MR) is 61.3 cm³/mol. The van der Waals surface area contributed by atoms with Crippen molar-refractivity contribution < 1.29 is 14.6 Å². The summed E-state index contributed by atoms with van der Waals surface area (Å²) in [5.41, 5.74) is -0.0714. The number of ether oxygens (including phenoxy) is 1. The molecule has 0 amide bonds. The van der Waals surface area contributed by atoms with Crippen LogP contribution in [0.5, 0.6) is 0 Å². The van der Waals surface area contributed by atoms with Gasteiger partial charge in [0, 0.05) is 19.4 Å². The molecule has 86 valence electrons. The third-order valence-corrected chi connectivity index (χ3v) is 3.50. The summed E-state index contributed by atoms with van der Waals surface area (Å²) in [5.74, 6) is -0.792. The van der Waals surface area contributed by atoms with Crippen LogP contribution in [0.4, 0.5) is 0 Å². The minimum absolute atomic E-state index is 0.488. The molecular weight excluding hydrogens is 274 g/mol. The Balaban J connectivity index is 2.38. The number of rotatable bonds is 2. The molecule has 2 heterocycles. The highest BCUT2D eigenvalue weighted by atomic mass is 79.9. The molecule has 16 heavy (non-hydrogen) atoms. The SMILES string of the molecule is O=C(O)C1(c2ccc(Br)nc2)CCOCC1. The van der Waals surface area contributed by atoms with E-state index in [0.717, 1.165) is 5.56 Å². The second-order valence-corrected chi connectivity index (χ2v) is 4.68. The van der Waals surface area contributed by atoms with Gasteiger partial charge in [-0.25, -0.2) is 4.98 Å². The number of carbonyl (C=O) groups is 1. The van der Waals surface area contributed by atoms with Crippen LogP contribution in [0.1, 0.15) is 18.4 Å². The molecule has 0 aromatic carbocycles. The summed E-state index contributed by atoms with van der Waals surface area (Å²) < 4.78 is 5.94. The van der Waals surface area contributed by atoms with Crippen LogP contribution in [0.3, 0.4) is 0 Å². The van der Waals surface area contributed by atoms with Crippen molar-refractivity contribution in [2.75, 3.05) is 13.2 Å². The zero-order valence-electron chi connectivity index (χ0n) is 8.65. The molecule has 1 N–H and O–H groups in total. The van der Waals surface area contributed by atoms with Crippen LogP contribution in [0.25, 0.3) is 0 Å². The van der Waals surface area contributed by atoms with E-state index in [1.807, 2.05) is 6.07 Å². The molecule has 0 radical (unpaired) electrons. The minimum atomic E-state index is -0.827. The summed E-state index contributed by atoms with van der Waals surface area (Å²) >= 11 is 3.24. The molecule has 5 heteroatoms. The number of halogens is 1. The molecule has 4 nitrogen and oxygen atoms in total. The highest BCUT2D eigenvalue weighted by Gasteiger charge is 2.42. The molecule has 1 saturated heterocycles. The molecule has 0 bridgehead atoms. The van der Waals surface area contributed by atoms with Crippen LogP contribution in [0.2, 0.25) is 0 Å². The maximum absolute atomic E-state index is 11.5. The van der Waals surface area contributed by atoms with Crippen LogP contribution in [0, 0.1) is 0 Å². The number of pyridine rings is 1. The molecule has 1 aliphatic rings. The molecule has 0 unspecified atom stereocenters. The van der Waals surface area contributed by atoms with Gasteiger partial charge in [0.05, 0.1) is 5.41 Å². The molecule has 1 aliphatic heterocycles. The summed E-state index contributed by atoms with van der Waals surface area (Å²) in [7, 11) is 0. The first-order valence-corrected chi connectivity index (χ1v) is 5.88. The number of hydrogen-bond acceptors (Lipinski definition) is 3. The standard InChI is InChI=1S/C11H12BrNO3/c12-9-2-1-8(7-13-9)11(10(14)15)3-5-16-6-4-11/h1-2,7H,3-6H2,(H,14,15). The zero-order chi connectivity index (χ0) is 11.6. The normalized spacial score (nSPS) is 19.3. The fraction of sp³-hybridized carbons (Fsp3) is 0.455. The second-order valence-electron chi connectivity index (χ2n) is 3.87. The third-order valence-electron chi connectivity index (χ3n) is 3.04. The highest BCUT2D eigenvalue weighted by Crippen LogP contribution is 2.35. The number of carboxylic acid groups (broad SMARTS) is 1. The zero-order valence-corrected chi connectivity index (χ0v) is 10.2. The maximum atomic E-state index is 11.5. The minimum Gasteiger partial charge on any atom is -0.481 e. The smallest absolute Gasteiger partial charge is 0.314 e. The summed E-state index contributed by atoms with van der Waals surface area (Å²) in [6.45, 7) is 0.977. The van der Waals surface area contributed by atoms with Gasteiger partial charge in [-0.15, -0.1) is 0 Å². The molecular formula is C11H12BrNO3. The van der Waals surface area contributed by atoms with Crippen molar-refractivity contribution in [1.29, 1.82) is 0 Å². The molecule has 0 spiro atoms. The number of hydrogen-bond donors (Lipinski definition) is 1.